The van der Waals surface area contributed by atoms with Gasteiger partial charge >= 0.3 is 0 Å². The highest BCUT2D eigenvalue weighted by Crippen LogP contribution is 2.01. The quantitative estimate of drug-likeness (QED) is 0.745. The summed E-state index contributed by atoms with van der Waals surface area (Å²) in [6.45, 7) is 3.69. The van der Waals surface area contributed by atoms with Crippen LogP contribution < -0.4 is 4.72 Å². The molecule has 0 amide bonds. The summed E-state index contributed by atoms with van der Waals surface area (Å²) >= 11 is 0. The van der Waals surface area contributed by atoms with Crippen molar-refractivity contribution in [1.29, 1.82) is 0 Å². The molecule has 0 bridgehead atoms. The Bertz CT molecular complexity index is 377. The van der Waals surface area contributed by atoms with E-state index in [9.17, 15) is 8.42 Å². The molecular weight excluding hydrogens is 202 g/mol. The predicted molar refractivity (Wildman–Crippen MR) is 52.1 cm³/mol. The molecule has 1 N–H and O–H groups in total. The van der Waals surface area contributed by atoms with Gasteiger partial charge in [-0.3, -0.25) is 0 Å². The first-order valence-corrected chi connectivity index (χ1v) is 5.84. The second kappa shape index (κ2) is 4.47. The summed E-state index contributed by atoms with van der Waals surface area (Å²) in [7, 11) is -3.54. The third kappa shape index (κ3) is 2.74. The zero-order valence-electron chi connectivity index (χ0n) is 8.14. The fraction of sp³-hybridized carbons (Fsp3) is 0.500. The highest BCUT2D eigenvalue weighted by molar-refractivity contribution is 7.89. The van der Waals surface area contributed by atoms with Crippen LogP contribution in [0, 0.1) is 0 Å². The van der Waals surface area contributed by atoms with Crippen LogP contribution in [0.5, 0.6) is 0 Å². The first-order valence-electron chi connectivity index (χ1n) is 4.35. The lowest BCUT2D eigenvalue weighted by atomic mass is 10.3. The normalized spacial score (nSPS) is 13.9. The standard InChI is InChI=1S/C8H13N3O2S/c1-3-7(2)11-14(12,13)8-9-5-4-6-10-8/h4-7,11H,3H2,1-2H3. The van der Waals surface area contributed by atoms with Crippen molar-refractivity contribution in [2.24, 2.45) is 0 Å². The summed E-state index contributed by atoms with van der Waals surface area (Å²) in [4.78, 5) is 7.35. The lowest BCUT2D eigenvalue weighted by molar-refractivity contribution is 0.547. The average Bonchev–Trinajstić information content (AvgIpc) is 2.18. The Labute approximate surface area is 83.6 Å². The summed E-state index contributed by atoms with van der Waals surface area (Å²) in [5.41, 5.74) is 0. The van der Waals surface area contributed by atoms with Gasteiger partial charge in [0.1, 0.15) is 0 Å². The number of sulfonamides is 1. The Morgan fingerprint density at radius 3 is 2.50 bits per heavy atom. The van der Waals surface area contributed by atoms with E-state index in [1.54, 1.807) is 13.0 Å². The van der Waals surface area contributed by atoms with Crippen molar-refractivity contribution in [3.63, 3.8) is 0 Å². The van der Waals surface area contributed by atoms with Crippen LogP contribution in [-0.2, 0) is 10.0 Å². The third-order valence-corrected chi connectivity index (χ3v) is 3.16. The molecule has 6 heteroatoms. The maximum absolute atomic E-state index is 11.6. The van der Waals surface area contributed by atoms with Gasteiger partial charge in [0.05, 0.1) is 0 Å². The molecule has 0 fully saturated rings. The highest BCUT2D eigenvalue weighted by atomic mass is 32.2. The molecule has 0 aromatic carbocycles. The summed E-state index contributed by atoms with van der Waals surface area (Å²) < 4.78 is 25.6. The number of nitrogens with zero attached hydrogens (tertiary/aromatic N) is 2. The van der Waals surface area contributed by atoms with Crippen molar-refractivity contribution < 1.29 is 8.42 Å². The molecule has 1 aromatic rings. The maximum Gasteiger partial charge on any atom is 0.276 e. The van der Waals surface area contributed by atoms with E-state index in [4.69, 9.17) is 0 Å². The highest BCUT2D eigenvalue weighted by Gasteiger charge is 2.18. The minimum absolute atomic E-state index is 0.108. The van der Waals surface area contributed by atoms with E-state index in [1.165, 1.54) is 12.4 Å². The van der Waals surface area contributed by atoms with Gasteiger partial charge in [0.15, 0.2) is 0 Å². The lowest BCUT2D eigenvalue weighted by Gasteiger charge is -2.09. The third-order valence-electron chi connectivity index (χ3n) is 1.75. The molecule has 1 aromatic heterocycles. The topological polar surface area (TPSA) is 72.0 Å². The average molecular weight is 215 g/mol. The minimum Gasteiger partial charge on any atom is -0.226 e. The monoisotopic (exact) mass is 215 g/mol. The summed E-state index contributed by atoms with van der Waals surface area (Å²) in [6, 6.07) is 1.46. The van der Waals surface area contributed by atoms with Gasteiger partial charge in [0.2, 0.25) is 0 Å². The Balaban J connectivity index is 2.87. The van der Waals surface area contributed by atoms with Crippen molar-refractivity contribution in [1.82, 2.24) is 14.7 Å². The van der Waals surface area contributed by atoms with E-state index in [2.05, 4.69) is 14.7 Å². The molecule has 78 valence electrons. The van der Waals surface area contributed by atoms with Gasteiger partial charge < -0.3 is 0 Å². The van der Waals surface area contributed by atoms with E-state index in [-0.39, 0.29) is 11.2 Å². The SMILES string of the molecule is CCC(C)NS(=O)(=O)c1ncccn1. The van der Waals surface area contributed by atoms with Crippen LogP contribution >= 0.6 is 0 Å². The molecule has 0 aliphatic rings. The molecule has 5 nitrogen and oxygen atoms in total. The number of aromatic nitrogens is 2. The molecule has 1 unspecified atom stereocenters. The zero-order valence-corrected chi connectivity index (χ0v) is 8.95. The number of nitrogens with one attached hydrogen (secondary N) is 1. The van der Waals surface area contributed by atoms with Crippen LogP contribution in [0.25, 0.3) is 0 Å². The Morgan fingerprint density at radius 2 is 2.00 bits per heavy atom. The summed E-state index contributed by atoms with van der Waals surface area (Å²) in [5, 5.41) is -0.180. The maximum atomic E-state index is 11.6. The van der Waals surface area contributed by atoms with Crippen molar-refractivity contribution in [3.8, 4) is 0 Å². The number of hydrogen-bond donors (Lipinski definition) is 1. The molecule has 0 aliphatic carbocycles. The van der Waals surface area contributed by atoms with Gasteiger partial charge in [-0.05, 0) is 19.4 Å². The van der Waals surface area contributed by atoms with Crippen LogP contribution in [0.2, 0.25) is 0 Å². The van der Waals surface area contributed by atoms with Gasteiger partial charge in [-0.1, -0.05) is 6.92 Å². The van der Waals surface area contributed by atoms with Gasteiger partial charge in [-0.2, -0.15) is 0 Å². The first-order chi connectivity index (χ1) is 6.56. The van der Waals surface area contributed by atoms with Gasteiger partial charge in [0.25, 0.3) is 15.2 Å². The fourth-order valence-electron chi connectivity index (χ4n) is 0.825. The largest absolute Gasteiger partial charge is 0.276 e. The molecule has 1 heterocycles. The lowest BCUT2D eigenvalue weighted by Crippen LogP contribution is -2.33. The summed E-state index contributed by atoms with van der Waals surface area (Å²) in [6.07, 6.45) is 3.53. The van der Waals surface area contributed by atoms with Crippen molar-refractivity contribution in [2.45, 2.75) is 31.5 Å². The van der Waals surface area contributed by atoms with Gasteiger partial charge in [-0.15, -0.1) is 0 Å². The predicted octanol–water partition coefficient (Wildman–Crippen LogP) is 0.553. The Hall–Kier alpha value is -1.01. The second-order valence-electron chi connectivity index (χ2n) is 2.96. The number of rotatable bonds is 4. The molecule has 1 rings (SSSR count). The van der Waals surface area contributed by atoms with Crippen molar-refractivity contribution >= 4 is 10.0 Å². The van der Waals surface area contributed by atoms with Crippen LogP contribution in [0.3, 0.4) is 0 Å². The Kier molecular flexibility index (Phi) is 3.54. The molecule has 1 atom stereocenters. The van der Waals surface area contributed by atoms with Gasteiger partial charge in [-0.25, -0.2) is 23.1 Å². The first kappa shape index (κ1) is 11.1. The molecule has 0 aliphatic heterocycles. The van der Waals surface area contributed by atoms with E-state index in [1.807, 2.05) is 6.92 Å². The minimum atomic E-state index is -3.54. The smallest absolute Gasteiger partial charge is 0.226 e. The van der Waals surface area contributed by atoms with E-state index in [0.717, 1.165) is 6.42 Å². The van der Waals surface area contributed by atoms with Crippen LogP contribution in [0.1, 0.15) is 20.3 Å². The van der Waals surface area contributed by atoms with Gasteiger partial charge in [0, 0.05) is 18.4 Å². The Morgan fingerprint density at radius 1 is 1.43 bits per heavy atom. The molecule has 0 saturated heterocycles. The van der Waals surface area contributed by atoms with Crippen LogP contribution in [0.4, 0.5) is 0 Å². The summed E-state index contributed by atoms with van der Waals surface area (Å²) in [5.74, 6) is 0. The van der Waals surface area contributed by atoms with E-state index in [0.29, 0.717) is 0 Å². The zero-order chi connectivity index (χ0) is 10.6. The molecule has 0 radical (unpaired) electrons. The molecule has 0 spiro atoms. The molecule has 14 heavy (non-hydrogen) atoms. The van der Waals surface area contributed by atoms with E-state index >= 15 is 0 Å². The van der Waals surface area contributed by atoms with Crippen molar-refractivity contribution in [2.75, 3.05) is 0 Å². The van der Waals surface area contributed by atoms with Crippen molar-refractivity contribution in [3.05, 3.63) is 18.5 Å². The van der Waals surface area contributed by atoms with E-state index < -0.39 is 10.0 Å². The van der Waals surface area contributed by atoms with Crippen LogP contribution in [0.15, 0.2) is 23.6 Å². The molecular formula is C8H13N3O2S. The second-order valence-corrected chi connectivity index (χ2v) is 4.57. The molecule has 0 saturated carbocycles. The van der Waals surface area contributed by atoms with Crippen LogP contribution in [-0.4, -0.2) is 24.4 Å². The fourth-order valence-corrected chi connectivity index (χ4v) is 2.03. The number of hydrogen-bond acceptors (Lipinski definition) is 4.